The Kier molecular flexibility index (Phi) is 4.10. The molecule has 90 valence electrons. The van der Waals surface area contributed by atoms with Gasteiger partial charge in [-0.2, -0.15) is 26.3 Å². The minimum atomic E-state index is -5.90. The minimum absolute atomic E-state index is 0.494. The predicted octanol–water partition coefficient (Wildman–Crippen LogP) is 0.638. The van der Waals surface area contributed by atoms with E-state index < -0.39 is 35.4 Å². The van der Waals surface area contributed by atoms with Gasteiger partial charge in [-0.3, -0.25) is 13.7 Å². The summed E-state index contributed by atoms with van der Waals surface area (Å²) in [6.07, 6.45) is -11.8. The fourth-order valence-corrected chi connectivity index (χ4v) is 0.906. The molecular formula is C4H2F6NO3S-. The van der Waals surface area contributed by atoms with E-state index in [1.807, 2.05) is 0 Å². The van der Waals surface area contributed by atoms with E-state index in [0.29, 0.717) is 4.72 Å². The van der Waals surface area contributed by atoms with Crippen LogP contribution in [0.15, 0.2) is 0 Å². The van der Waals surface area contributed by atoms with Crippen LogP contribution in [0.25, 0.3) is 0 Å². The monoisotopic (exact) mass is 258 g/mol. The molecule has 11 heteroatoms. The van der Waals surface area contributed by atoms with Gasteiger partial charge in [0.05, 0.1) is 0 Å². The van der Waals surface area contributed by atoms with Crippen LogP contribution in [0.2, 0.25) is 0 Å². The molecule has 4 nitrogen and oxygen atoms in total. The molecule has 0 saturated carbocycles. The Bertz CT molecular complexity index is 259. The van der Waals surface area contributed by atoms with Crippen LogP contribution in [0.5, 0.6) is 0 Å². The predicted molar refractivity (Wildman–Crippen MR) is 32.7 cm³/mol. The third-order valence-corrected chi connectivity index (χ3v) is 1.47. The van der Waals surface area contributed by atoms with E-state index in [9.17, 15) is 39.9 Å². The summed E-state index contributed by atoms with van der Waals surface area (Å²) in [7, 11) is 0. The van der Waals surface area contributed by atoms with E-state index >= 15 is 0 Å². The maximum absolute atomic E-state index is 11.7. The van der Waals surface area contributed by atoms with Crippen LogP contribution >= 0.6 is 0 Å². The standard InChI is InChI=1S/C4H3F6NO3S/c5-3(6,7)1(4(8,9)10)2(12)11-15(13)14/h1H,(H,11,12)(H,13,14)/p-1. The Morgan fingerprint density at radius 1 is 1.13 bits per heavy atom. The molecule has 0 aliphatic rings. The topological polar surface area (TPSA) is 69.2 Å². The highest BCUT2D eigenvalue weighted by Gasteiger charge is 2.61. The number of hydrogen-bond donors (Lipinski definition) is 1. The Balaban J connectivity index is 4.98. The van der Waals surface area contributed by atoms with E-state index in [4.69, 9.17) is 0 Å². The molecular weight excluding hydrogens is 256 g/mol. The van der Waals surface area contributed by atoms with Crippen molar-refractivity contribution in [1.82, 2.24) is 4.72 Å². The second kappa shape index (κ2) is 4.35. The Labute approximate surface area is 81.1 Å². The number of rotatable bonds is 2. The lowest BCUT2D eigenvalue weighted by molar-refractivity contribution is -0.273. The van der Waals surface area contributed by atoms with E-state index in [0.717, 1.165) is 0 Å². The van der Waals surface area contributed by atoms with Crippen molar-refractivity contribution >= 4 is 17.2 Å². The van der Waals surface area contributed by atoms with Crippen LogP contribution in [0, 0.1) is 5.92 Å². The first kappa shape index (κ1) is 14.2. The highest BCUT2D eigenvalue weighted by atomic mass is 32.2. The van der Waals surface area contributed by atoms with Gasteiger partial charge >= 0.3 is 12.4 Å². The molecule has 0 aliphatic carbocycles. The van der Waals surface area contributed by atoms with Gasteiger partial charge < -0.3 is 4.55 Å². The third-order valence-electron chi connectivity index (χ3n) is 1.10. The van der Waals surface area contributed by atoms with Crippen LogP contribution in [-0.2, 0) is 16.1 Å². The molecule has 1 N–H and O–H groups in total. The molecule has 0 fully saturated rings. The quantitative estimate of drug-likeness (QED) is 0.583. The van der Waals surface area contributed by atoms with Crippen LogP contribution in [0.3, 0.4) is 0 Å². The Hall–Kier alpha value is -0.840. The summed E-state index contributed by atoms with van der Waals surface area (Å²) >= 11 is -3.54. The summed E-state index contributed by atoms with van der Waals surface area (Å²) in [6.45, 7) is 0. The molecule has 0 radical (unpaired) electrons. The van der Waals surface area contributed by atoms with E-state index in [2.05, 4.69) is 0 Å². The zero-order chi connectivity index (χ0) is 12.4. The van der Waals surface area contributed by atoms with Gasteiger partial charge in [-0.05, 0) is 0 Å². The Morgan fingerprint density at radius 2 is 1.47 bits per heavy atom. The summed E-state index contributed by atoms with van der Waals surface area (Å²) in [6, 6.07) is 0. The van der Waals surface area contributed by atoms with Gasteiger partial charge in [0.2, 0.25) is 5.92 Å². The molecule has 0 aliphatic heterocycles. The number of carbonyl (C=O) groups is 1. The Morgan fingerprint density at radius 3 is 1.67 bits per heavy atom. The van der Waals surface area contributed by atoms with Crippen molar-refractivity contribution in [2.45, 2.75) is 12.4 Å². The summed E-state index contributed by atoms with van der Waals surface area (Å²) in [5.74, 6) is -7.05. The first-order chi connectivity index (χ1) is 6.46. The average Bonchev–Trinajstić information content (AvgIpc) is 1.74. The second-order valence-corrected chi connectivity index (χ2v) is 2.89. The summed E-state index contributed by atoms with van der Waals surface area (Å²) in [5, 5.41) is 0. The lowest BCUT2D eigenvalue weighted by atomic mass is 10.1. The molecule has 0 bridgehead atoms. The molecule has 1 atom stereocenters. The number of amides is 1. The number of alkyl halides is 6. The first-order valence-electron chi connectivity index (χ1n) is 2.99. The number of nitrogens with one attached hydrogen (secondary N) is 1. The molecule has 0 spiro atoms. The number of carbonyl (C=O) groups excluding carboxylic acids is 1. The van der Waals surface area contributed by atoms with E-state index in [1.54, 1.807) is 0 Å². The fourth-order valence-electron chi connectivity index (χ4n) is 0.624. The summed E-state index contributed by atoms with van der Waals surface area (Å²) < 4.78 is 90.3. The molecule has 1 amide bonds. The highest BCUT2D eigenvalue weighted by molar-refractivity contribution is 7.77. The van der Waals surface area contributed by atoms with Crippen LogP contribution in [0.4, 0.5) is 26.3 Å². The van der Waals surface area contributed by atoms with Crippen molar-refractivity contribution in [2.75, 3.05) is 0 Å². The third kappa shape index (κ3) is 4.46. The first-order valence-corrected chi connectivity index (χ1v) is 4.07. The van der Waals surface area contributed by atoms with Gasteiger partial charge in [0, 0.05) is 11.3 Å². The maximum atomic E-state index is 11.7. The highest BCUT2D eigenvalue weighted by Crippen LogP contribution is 2.39. The lowest BCUT2D eigenvalue weighted by Gasteiger charge is -2.22. The maximum Gasteiger partial charge on any atom is 0.409 e. The van der Waals surface area contributed by atoms with E-state index in [1.165, 1.54) is 0 Å². The van der Waals surface area contributed by atoms with Gasteiger partial charge in [0.15, 0.2) is 0 Å². The van der Waals surface area contributed by atoms with Crippen LogP contribution < -0.4 is 4.72 Å². The molecule has 0 heterocycles. The normalized spacial score (nSPS) is 15.2. The van der Waals surface area contributed by atoms with Crippen molar-refractivity contribution in [1.29, 1.82) is 0 Å². The van der Waals surface area contributed by atoms with Crippen molar-refractivity contribution in [3.05, 3.63) is 0 Å². The van der Waals surface area contributed by atoms with Crippen LogP contribution in [-0.4, -0.2) is 27.0 Å². The fraction of sp³-hybridized carbons (Fsp3) is 0.750. The van der Waals surface area contributed by atoms with Gasteiger partial charge in [0.25, 0.3) is 5.91 Å². The number of hydrogen-bond acceptors (Lipinski definition) is 3. The van der Waals surface area contributed by atoms with Crippen molar-refractivity contribution in [3.8, 4) is 0 Å². The molecule has 0 aromatic carbocycles. The minimum Gasteiger partial charge on any atom is -0.755 e. The molecule has 0 saturated heterocycles. The summed E-state index contributed by atoms with van der Waals surface area (Å²) in [5.41, 5.74) is 0. The molecule has 15 heavy (non-hydrogen) atoms. The lowest BCUT2D eigenvalue weighted by Crippen LogP contribution is -2.48. The summed E-state index contributed by atoms with van der Waals surface area (Å²) in [4.78, 5) is 10.3. The largest absolute Gasteiger partial charge is 0.755 e. The number of halogens is 6. The van der Waals surface area contributed by atoms with Gasteiger partial charge in [-0.25, -0.2) is 0 Å². The average molecular weight is 258 g/mol. The van der Waals surface area contributed by atoms with Gasteiger partial charge in [-0.1, -0.05) is 0 Å². The van der Waals surface area contributed by atoms with Crippen molar-refractivity contribution in [2.24, 2.45) is 5.92 Å². The molecule has 0 rings (SSSR count). The zero-order valence-corrected chi connectivity index (χ0v) is 7.29. The van der Waals surface area contributed by atoms with Crippen LogP contribution in [0.1, 0.15) is 0 Å². The smallest absolute Gasteiger partial charge is 0.409 e. The molecule has 0 aromatic rings. The molecule has 1 unspecified atom stereocenters. The molecule has 0 aromatic heterocycles. The zero-order valence-electron chi connectivity index (χ0n) is 6.48. The SMILES string of the molecule is O=C(NS(=O)[O-])C(C(F)(F)F)C(F)(F)F. The van der Waals surface area contributed by atoms with Gasteiger partial charge in [0.1, 0.15) is 0 Å². The van der Waals surface area contributed by atoms with Gasteiger partial charge in [-0.15, -0.1) is 0 Å². The van der Waals surface area contributed by atoms with E-state index in [-0.39, 0.29) is 0 Å². The second-order valence-electron chi connectivity index (χ2n) is 2.22. The van der Waals surface area contributed by atoms with Crippen molar-refractivity contribution in [3.63, 3.8) is 0 Å². The van der Waals surface area contributed by atoms with Crippen molar-refractivity contribution < 1.29 is 39.9 Å².